The van der Waals surface area contributed by atoms with Crippen LogP contribution in [0.15, 0.2) is 69.6 Å². The van der Waals surface area contributed by atoms with Crippen LogP contribution in [0.1, 0.15) is 53.0 Å². The molecular formula is C26H34BrN3O2. The fourth-order valence-corrected chi connectivity index (χ4v) is 3.65. The number of nitrogens with zero attached hydrogens (tertiary/aromatic N) is 2. The van der Waals surface area contributed by atoms with E-state index in [0.29, 0.717) is 18.9 Å². The molecule has 32 heavy (non-hydrogen) atoms. The first kappa shape index (κ1) is 25.7. The van der Waals surface area contributed by atoms with E-state index in [4.69, 9.17) is 10.5 Å². The molecule has 0 aliphatic carbocycles. The van der Waals surface area contributed by atoms with E-state index in [1.807, 2.05) is 89.2 Å². The topological polar surface area (TPSA) is 67.9 Å². The number of hydrogen-bond acceptors (Lipinski definition) is 3. The van der Waals surface area contributed by atoms with Gasteiger partial charge in [0.2, 0.25) is 0 Å². The third-order valence-electron chi connectivity index (χ3n) is 4.77. The molecule has 0 bridgehead atoms. The van der Waals surface area contributed by atoms with Crippen LogP contribution in [-0.4, -0.2) is 35.5 Å². The number of amidine groups is 1. The van der Waals surface area contributed by atoms with Gasteiger partial charge in [0.05, 0.1) is 5.69 Å². The number of ether oxygens (including phenoxy) is 1. The van der Waals surface area contributed by atoms with E-state index in [2.05, 4.69) is 20.9 Å². The van der Waals surface area contributed by atoms with Crippen LogP contribution in [0.2, 0.25) is 0 Å². The molecule has 2 aromatic carbocycles. The average molecular weight is 500 g/mol. The highest BCUT2D eigenvalue weighted by molar-refractivity contribution is 9.10. The Hall–Kier alpha value is -2.60. The third-order valence-corrected chi connectivity index (χ3v) is 5.30. The van der Waals surface area contributed by atoms with E-state index in [1.165, 1.54) is 5.57 Å². The lowest BCUT2D eigenvalue weighted by Crippen LogP contribution is -2.40. The van der Waals surface area contributed by atoms with Gasteiger partial charge < -0.3 is 15.4 Å². The van der Waals surface area contributed by atoms with Gasteiger partial charge in [0.15, 0.2) is 0 Å². The summed E-state index contributed by atoms with van der Waals surface area (Å²) in [5, 5.41) is 0. The van der Waals surface area contributed by atoms with Crippen molar-refractivity contribution in [1.29, 1.82) is 0 Å². The highest BCUT2D eigenvalue weighted by Crippen LogP contribution is 2.29. The standard InChI is InChI=1S/C24H28BrN3O2.C2H6/c1-24(2,3)30-23(29)28-15-13-18(14-16-28)21(17-9-11-19(25)12-10-17)22(26)27-20-7-5-4-6-8-20;1-2/h4-12H,13-16H2,1-3H3,(H2,26,27);1-2H3. The molecule has 0 aromatic heterocycles. The number of amides is 1. The molecule has 6 heteroatoms. The number of halogens is 1. The second-order valence-corrected chi connectivity index (χ2v) is 9.20. The number of carbonyl (C=O) groups excluding carboxylic acids is 1. The maximum Gasteiger partial charge on any atom is 0.410 e. The van der Waals surface area contributed by atoms with Crippen LogP contribution in [0.4, 0.5) is 10.5 Å². The van der Waals surface area contributed by atoms with Gasteiger partial charge in [-0.2, -0.15) is 0 Å². The molecule has 1 heterocycles. The number of aliphatic imine (C=N–C) groups is 1. The summed E-state index contributed by atoms with van der Waals surface area (Å²) < 4.78 is 6.52. The summed E-state index contributed by atoms with van der Waals surface area (Å²) in [5.41, 5.74) is 10.0. The van der Waals surface area contributed by atoms with Crippen LogP contribution >= 0.6 is 15.9 Å². The van der Waals surface area contributed by atoms with Crippen molar-refractivity contribution in [2.75, 3.05) is 13.1 Å². The Kier molecular flexibility index (Phi) is 9.51. The first-order valence-corrected chi connectivity index (χ1v) is 11.9. The lowest BCUT2D eigenvalue weighted by atomic mass is 9.92. The van der Waals surface area contributed by atoms with E-state index < -0.39 is 5.60 Å². The minimum absolute atomic E-state index is 0.266. The second-order valence-electron chi connectivity index (χ2n) is 8.29. The van der Waals surface area contributed by atoms with E-state index in [1.54, 1.807) is 4.90 Å². The Bertz CT molecular complexity index is 935. The lowest BCUT2D eigenvalue weighted by Gasteiger charge is -2.32. The lowest BCUT2D eigenvalue weighted by molar-refractivity contribution is 0.0236. The number of hydrogen-bond donors (Lipinski definition) is 1. The van der Waals surface area contributed by atoms with E-state index in [9.17, 15) is 4.79 Å². The van der Waals surface area contributed by atoms with E-state index in [-0.39, 0.29) is 6.09 Å². The molecule has 1 saturated heterocycles. The zero-order chi connectivity index (χ0) is 23.7. The van der Waals surface area contributed by atoms with Gasteiger partial charge in [-0.1, -0.05) is 65.7 Å². The summed E-state index contributed by atoms with van der Waals surface area (Å²) in [6.45, 7) is 10.8. The van der Waals surface area contributed by atoms with Crippen molar-refractivity contribution in [2.45, 2.75) is 53.1 Å². The normalized spacial score (nSPS) is 14.4. The molecule has 0 atom stereocenters. The third kappa shape index (κ3) is 7.52. The van der Waals surface area contributed by atoms with Crippen molar-refractivity contribution < 1.29 is 9.53 Å². The first-order chi connectivity index (χ1) is 15.2. The number of para-hydroxylation sites is 1. The van der Waals surface area contributed by atoms with Crippen LogP contribution < -0.4 is 5.73 Å². The molecule has 0 radical (unpaired) electrons. The van der Waals surface area contributed by atoms with Crippen LogP contribution in [0.25, 0.3) is 5.57 Å². The van der Waals surface area contributed by atoms with Gasteiger partial charge in [-0.3, -0.25) is 0 Å². The van der Waals surface area contributed by atoms with Crippen molar-refractivity contribution in [1.82, 2.24) is 4.90 Å². The maximum absolute atomic E-state index is 12.4. The predicted molar refractivity (Wildman–Crippen MR) is 137 cm³/mol. The van der Waals surface area contributed by atoms with E-state index >= 15 is 0 Å². The van der Waals surface area contributed by atoms with Crippen LogP contribution in [-0.2, 0) is 4.74 Å². The van der Waals surface area contributed by atoms with Crippen LogP contribution in [0.3, 0.4) is 0 Å². The minimum Gasteiger partial charge on any atom is -0.444 e. The van der Waals surface area contributed by atoms with Crippen molar-refractivity contribution in [3.8, 4) is 0 Å². The van der Waals surface area contributed by atoms with Gasteiger partial charge in [-0.25, -0.2) is 9.79 Å². The summed E-state index contributed by atoms with van der Waals surface area (Å²) in [7, 11) is 0. The Balaban J connectivity index is 0.00000176. The number of benzene rings is 2. The van der Waals surface area contributed by atoms with Gasteiger partial charge in [-0.15, -0.1) is 0 Å². The molecule has 172 valence electrons. The predicted octanol–water partition coefficient (Wildman–Crippen LogP) is 6.95. The Labute approximate surface area is 200 Å². The van der Waals surface area contributed by atoms with Crippen molar-refractivity contribution >= 4 is 39.1 Å². The number of carbonyl (C=O) groups is 1. The van der Waals surface area contributed by atoms with Crippen molar-refractivity contribution in [3.63, 3.8) is 0 Å². The Morgan fingerprint density at radius 2 is 1.56 bits per heavy atom. The Morgan fingerprint density at radius 3 is 2.09 bits per heavy atom. The summed E-state index contributed by atoms with van der Waals surface area (Å²) in [6.07, 6.45) is 1.20. The fourth-order valence-electron chi connectivity index (χ4n) is 3.38. The Morgan fingerprint density at radius 1 is 1.00 bits per heavy atom. The van der Waals surface area contributed by atoms with Crippen molar-refractivity contribution in [3.05, 3.63) is 70.2 Å². The van der Waals surface area contributed by atoms with Gasteiger partial charge in [0.1, 0.15) is 11.4 Å². The molecule has 1 aliphatic rings. The molecule has 1 amide bonds. The first-order valence-electron chi connectivity index (χ1n) is 11.1. The molecular weight excluding hydrogens is 466 g/mol. The van der Waals surface area contributed by atoms with Gasteiger partial charge in [0.25, 0.3) is 0 Å². The maximum atomic E-state index is 12.4. The fraction of sp³-hybridized carbons (Fsp3) is 0.385. The van der Waals surface area contributed by atoms with Gasteiger partial charge >= 0.3 is 6.09 Å². The van der Waals surface area contributed by atoms with Crippen LogP contribution in [0.5, 0.6) is 0 Å². The van der Waals surface area contributed by atoms with Gasteiger partial charge in [-0.05, 0) is 63.4 Å². The highest BCUT2D eigenvalue weighted by atomic mass is 79.9. The van der Waals surface area contributed by atoms with Crippen molar-refractivity contribution in [2.24, 2.45) is 10.7 Å². The van der Waals surface area contributed by atoms with Crippen LogP contribution in [0, 0.1) is 0 Å². The number of rotatable bonds is 3. The molecule has 2 aromatic rings. The average Bonchev–Trinajstić information content (AvgIpc) is 2.77. The van der Waals surface area contributed by atoms with E-state index in [0.717, 1.165) is 34.1 Å². The summed E-state index contributed by atoms with van der Waals surface area (Å²) >= 11 is 3.49. The molecule has 5 nitrogen and oxygen atoms in total. The molecule has 0 unspecified atom stereocenters. The summed E-state index contributed by atoms with van der Waals surface area (Å²) in [6, 6.07) is 17.8. The highest BCUT2D eigenvalue weighted by Gasteiger charge is 2.26. The molecule has 1 fully saturated rings. The monoisotopic (exact) mass is 499 g/mol. The largest absolute Gasteiger partial charge is 0.444 e. The molecule has 1 aliphatic heterocycles. The zero-order valence-electron chi connectivity index (χ0n) is 19.7. The number of likely N-dealkylation sites (tertiary alicyclic amines) is 1. The number of piperidine rings is 1. The second kappa shape index (κ2) is 11.9. The number of nitrogens with two attached hydrogens (primary N) is 1. The quantitative estimate of drug-likeness (QED) is 0.366. The molecule has 3 rings (SSSR count). The molecule has 0 spiro atoms. The summed E-state index contributed by atoms with van der Waals surface area (Å²) in [4.78, 5) is 18.8. The van der Waals surface area contributed by atoms with Gasteiger partial charge in [0, 0.05) is 23.1 Å². The molecule has 2 N–H and O–H groups in total. The smallest absolute Gasteiger partial charge is 0.410 e. The minimum atomic E-state index is -0.497. The zero-order valence-corrected chi connectivity index (χ0v) is 21.3. The SMILES string of the molecule is CC.CC(C)(C)OC(=O)N1CCC(=C(C(N)=Nc2ccccc2)c2ccc(Br)cc2)CC1. The molecule has 0 saturated carbocycles. The summed E-state index contributed by atoms with van der Waals surface area (Å²) in [5.74, 6) is 0.490.